The molecule has 0 spiro atoms. The molecule has 2 saturated carbocycles. The maximum Gasteiger partial charge on any atom is 0.0597 e. The molecule has 1 nitrogen and oxygen atoms in total. The summed E-state index contributed by atoms with van der Waals surface area (Å²) < 4.78 is 0. The monoisotopic (exact) mass is 220 g/mol. The second kappa shape index (κ2) is 3.13. The largest absolute Gasteiger partial charge is 0.393 e. The predicted molar refractivity (Wildman–Crippen MR) is 65.9 cm³/mol. The Bertz CT molecular complexity index is 341. The zero-order chi connectivity index (χ0) is 11.7. The van der Waals surface area contributed by atoms with Gasteiger partial charge >= 0.3 is 0 Å². The summed E-state index contributed by atoms with van der Waals surface area (Å²) in [7, 11) is 0. The van der Waals surface area contributed by atoms with Crippen LogP contribution in [0, 0.1) is 35.0 Å². The molecule has 1 heteroatoms. The van der Waals surface area contributed by atoms with Gasteiger partial charge in [0.25, 0.3) is 0 Å². The smallest absolute Gasteiger partial charge is 0.0597 e. The molecule has 0 aromatic rings. The summed E-state index contributed by atoms with van der Waals surface area (Å²) in [4.78, 5) is 0. The van der Waals surface area contributed by atoms with Crippen LogP contribution in [0.3, 0.4) is 0 Å². The van der Waals surface area contributed by atoms with Gasteiger partial charge < -0.3 is 5.11 Å². The van der Waals surface area contributed by atoms with Crippen molar-refractivity contribution in [2.75, 3.05) is 0 Å². The molecule has 0 unspecified atom stereocenters. The van der Waals surface area contributed by atoms with Gasteiger partial charge in [0.2, 0.25) is 0 Å². The molecule has 0 radical (unpaired) electrons. The molecule has 6 atom stereocenters. The van der Waals surface area contributed by atoms with E-state index < -0.39 is 0 Å². The standard InChI is InChI=1S/C15H24O/c1-8-5-6-10-9(2)11-7-12(16)15(3,4)14(10)13(8)11/h5,9-14,16H,6-7H2,1-4H3/t9-,10+,11+,12+,13-,14-/m1/s1. The Morgan fingerprint density at radius 2 is 2.00 bits per heavy atom. The maximum absolute atomic E-state index is 10.4. The Labute approximate surface area is 98.9 Å². The lowest BCUT2D eigenvalue weighted by Crippen LogP contribution is -2.47. The highest BCUT2D eigenvalue weighted by Gasteiger charge is 2.60. The number of hydrogen-bond donors (Lipinski definition) is 1. The first-order chi connectivity index (χ1) is 7.44. The van der Waals surface area contributed by atoms with E-state index in [2.05, 4.69) is 33.8 Å². The van der Waals surface area contributed by atoms with Crippen molar-refractivity contribution >= 4 is 0 Å². The molecule has 0 aromatic carbocycles. The highest BCUT2D eigenvalue weighted by molar-refractivity contribution is 5.23. The molecule has 0 heterocycles. The van der Waals surface area contributed by atoms with Crippen LogP contribution in [0.2, 0.25) is 0 Å². The maximum atomic E-state index is 10.4. The number of allylic oxidation sites excluding steroid dienone is 2. The van der Waals surface area contributed by atoms with Gasteiger partial charge in [0.1, 0.15) is 0 Å². The van der Waals surface area contributed by atoms with Crippen molar-refractivity contribution in [2.24, 2.45) is 35.0 Å². The van der Waals surface area contributed by atoms with Crippen molar-refractivity contribution in [3.8, 4) is 0 Å². The third-order valence-corrected chi connectivity index (χ3v) is 6.11. The predicted octanol–water partition coefficient (Wildman–Crippen LogP) is 3.24. The number of hydrogen-bond acceptors (Lipinski definition) is 1. The average Bonchev–Trinajstić information content (AvgIpc) is 2.40. The highest BCUT2D eigenvalue weighted by atomic mass is 16.3. The zero-order valence-electron chi connectivity index (χ0n) is 10.9. The topological polar surface area (TPSA) is 20.2 Å². The Morgan fingerprint density at radius 1 is 1.31 bits per heavy atom. The number of aliphatic hydroxyl groups is 1. The van der Waals surface area contributed by atoms with Gasteiger partial charge in [-0.15, -0.1) is 0 Å². The molecule has 2 fully saturated rings. The molecule has 16 heavy (non-hydrogen) atoms. The van der Waals surface area contributed by atoms with Gasteiger partial charge in [0.15, 0.2) is 0 Å². The molecule has 0 aliphatic heterocycles. The van der Waals surface area contributed by atoms with Crippen LogP contribution >= 0.6 is 0 Å². The minimum absolute atomic E-state index is 0.0860. The Balaban J connectivity index is 2.08. The van der Waals surface area contributed by atoms with Gasteiger partial charge in [0.05, 0.1) is 6.10 Å². The van der Waals surface area contributed by atoms with E-state index in [4.69, 9.17) is 0 Å². The molecule has 4 bridgehead atoms. The summed E-state index contributed by atoms with van der Waals surface area (Å²) in [5.74, 6) is 3.87. The summed E-state index contributed by atoms with van der Waals surface area (Å²) in [5, 5.41) is 10.4. The van der Waals surface area contributed by atoms with Gasteiger partial charge in [-0.3, -0.25) is 0 Å². The lowest BCUT2D eigenvalue weighted by atomic mass is 9.57. The van der Waals surface area contributed by atoms with Crippen LogP contribution in [-0.4, -0.2) is 11.2 Å². The fourth-order valence-electron chi connectivity index (χ4n) is 5.10. The van der Waals surface area contributed by atoms with Crippen molar-refractivity contribution < 1.29 is 5.11 Å². The Kier molecular flexibility index (Phi) is 2.12. The van der Waals surface area contributed by atoms with Crippen molar-refractivity contribution in [3.05, 3.63) is 11.6 Å². The number of aliphatic hydroxyl groups excluding tert-OH is 1. The van der Waals surface area contributed by atoms with Gasteiger partial charge in [-0.1, -0.05) is 32.4 Å². The van der Waals surface area contributed by atoms with E-state index in [1.807, 2.05) is 0 Å². The molecule has 0 saturated heterocycles. The summed E-state index contributed by atoms with van der Waals surface area (Å²) in [5.41, 5.74) is 1.72. The van der Waals surface area contributed by atoms with Gasteiger partial charge in [-0.25, -0.2) is 0 Å². The second-order valence-electron chi connectivity index (χ2n) is 7.00. The molecule has 0 aromatic heterocycles. The number of rotatable bonds is 0. The molecular formula is C15H24O. The SMILES string of the molecule is CC1=CC[C@H]2[C@@H](C)[C@@H]3C[C@H](O)C(C)(C)[C@H]2[C@H]13. The fourth-order valence-corrected chi connectivity index (χ4v) is 5.10. The van der Waals surface area contributed by atoms with Crippen LogP contribution in [0.5, 0.6) is 0 Å². The van der Waals surface area contributed by atoms with Crippen LogP contribution in [0.25, 0.3) is 0 Å². The van der Waals surface area contributed by atoms with Crippen LogP contribution in [0.15, 0.2) is 11.6 Å². The van der Waals surface area contributed by atoms with E-state index in [0.29, 0.717) is 0 Å². The first kappa shape index (κ1) is 10.8. The molecule has 3 aliphatic carbocycles. The third kappa shape index (κ3) is 1.11. The minimum atomic E-state index is -0.0860. The molecule has 3 rings (SSSR count). The second-order valence-corrected chi connectivity index (χ2v) is 7.00. The molecular weight excluding hydrogens is 196 g/mol. The van der Waals surface area contributed by atoms with Crippen molar-refractivity contribution in [1.29, 1.82) is 0 Å². The summed E-state index contributed by atoms with van der Waals surface area (Å²) in [6.07, 6.45) is 4.66. The average molecular weight is 220 g/mol. The van der Waals surface area contributed by atoms with Gasteiger partial charge in [-0.05, 0) is 54.8 Å². The lowest BCUT2D eigenvalue weighted by molar-refractivity contribution is -0.0598. The fraction of sp³-hybridized carbons (Fsp3) is 0.867. The van der Waals surface area contributed by atoms with Crippen LogP contribution in [-0.2, 0) is 0 Å². The molecule has 3 aliphatic rings. The normalized spacial score (nSPS) is 53.7. The molecule has 0 amide bonds. The Morgan fingerprint density at radius 3 is 2.69 bits per heavy atom. The summed E-state index contributed by atoms with van der Waals surface area (Å²) in [6, 6.07) is 0. The van der Waals surface area contributed by atoms with E-state index in [1.165, 1.54) is 6.42 Å². The van der Waals surface area contributed by atoms with Crippen molar-refractivity contribution in [1.82, 2.24) is 0 Å². The molecule has 90 valence electrons. The summed E-state index contributed by atoms with van der Waals surface area (Å²) in [6.45, 7) is 9.31. The first-order valence-electron chi connectivity index (χ1n) is 6.79. The van der Waals surface area contributed by atoms with Gasteiger partial charge in [-0.2, -0.15) is 0 Å². The van der Waals surface area contributed by atoms with E-state index in [1.54, 1.807) is 5.57 Å². The first-order valence-corrected chi connectivity index (χ1v) is 6.79. The van der Waals surface area contributed by atoms with E-state index in [0.717, 1.165) is 36.0 Å². The zero-order valence-corrected chi connectivity index (χ0v) is 10.9. The van der Waals surface area contributed by atoms with E-state index >= 15 is 0 Å². The van der Waals surface area contributed by atoms with Crippen LogP contribution in [0.1, 0.15) is 40.5 Å². The van der Waals surface area contributed by atoms with E-state index in [9.17, 15) is 5.11 Å². The molecule has 1 N–H and O–H groups in total. The third-order valence-electron chi connectivity index (χ3n) is 6.11. The lowest BCUT2D eigenvalue weighted by Gasteiger charge is -2.49. The quantitative estimate of drug-likeness (QED) is 0.621. The minimum Gasteiger partial charge on any atom is -0.393 e. The Hall–Kier alpha value is -0.300. The van der Waals surface area contributed by atoms with Crippen molar-refractivity contribution in [3.63, 3.8) is 0 Å². The summed E-state index contributed by atoms with van der Waals surface area (Å²) >= 11 is 0. The van der Waals surface area contributed by atoms with Crippen molar-refractivity contribution in [2.45, 2.75) is 46.6 Å². The van der Waals surface area contributed by atoms with Gasteiger partial charge in [0, 0.05) is 0 Å². The van der Waals surface area contributed by atoms with Crippen LogP contribution in [0.4, 0.5) is 0 Å². The highest BCUT2D eigenvalue weighted by Crippen LogP contribution is 2.64. The van der Waals surface area contributed by atoms with E-state index in [-0.39, 0.29) is 11.5 Å². The van der Waals surface area contributed by atoms with Crippen LogP contribution < -0.4 is 0 Å².